The van der Waals surface area contributed by atoms with E-state index in [1.165, 1.54) is 4.90 Å². The van der Waals surface area contributed by atoms with E-state index in [2.05, 4.69) is 5.32 Å². The molecule has 7 heteroatoms. The molecule has 3 amide bonds. The molecule has 1 N–H and O–H groups in total. The lowest BCUT2D eigenvalue weighted by Crippen LogP contribution is -2.47. The summed E-state index contributed by atoms with van der Waals surface area (Å²) in [5, 5.41) is 2.82. The molecular weight excluding hydrogens is 334 g/mol. The Labute approximate surface area is 153 Å². The second-order valence-corrected chi connectivity index (χ2v) is 6.69. The number of benzene rings is 1. The van der Waals surface area contributed by atoms with E-state index in [4.69, 9.17) is 4.74 Å². The summed E-state index contributed by atoms with van der Waals surface area (Å²) in [4.78, 5) is 40.1. The van der Waals surface area contributed by atoms with Gasteiger partial charge in [0.25, 0.3) is 5.91 Å². The summed E-state index contributed by atoms with van der Waals surface area (Å²) >= 11 is 0. The number of likely N-dealkylation sites (tertiary alicyclic amines) is 1. The summed E-state index contributed by atoms with van der Waals surface area (Å²) in [6.45, 7) is 3.35. The van der Waals surface area contributed by atoms with E-state index in [0.717, 1.165) is 38.8 Å². The van der Waals surface area contributed by atoms with Gasteiger partial charge < -0.3 is 15.0 Å². The van der Waals surface area contributed by atoms with Crippen LogP contribution in [0.25, 0.3) is 0 Å². The smallest absolute Gasteiger partial charge is 0.265 e. The van der Waals surface area contributed by atoms with Crippen LogP contribution in [-0.2, 0) is 14.4 Å². The SMILES string of the molecule is CCCC(=O)Nc1ccc2c(c1)N(CC(=O)N1CCCCC1)C(=O)CO2. The van der Waals surface area contributed by atoms with Gasteiger partial charge in [0.1, 0.15) is 12.3 Å². The molecule has 26 heavy (non-hydrogen) atoms. The zero-order chi connectivity index (χ0) is 18.5. The first-order chi connectivity index (χ1) is 12.6. The molecule has 0 radical (unpaired) electrons. The lowest BCUT2D eigenvalue weighted by molar-refractivity contribution is -0.132. The number of amides is 3. The molecule has 2 aliphatic heterocycles. The lowest BCUT2D eigenvalue weighted by atomic mass is 10.1. The Kier molecular flexibility index (Phi) is 5.75. The molecule has 1 aromatic carbocycles. The first-order valence-electron chi connectivity index (χ1n) is 9.23. The van der Waals surface area contributed by atoms with Crippen molar-refractivity contribution >= 4 is 29.1 Å². The molecule has 2 heterocycles. The maximum atomic E-state index is 12.6. The quantitative estimate of drug-likeness (QED) is 0.874. The summed E-state index contributed by atoms with van der Waals surface area (Å²) in [5.41, 5.74) is 1.12. The van der Waals surface area contributed by atoms with E-state index in [9.17, 15) is 14.4 Å². The Morgan fingerprint density at radius 1 is 1.19 bits per heavy atom. The number of carbonyl (C=O) groups excluding carboxylic acids is 3. The van der Waals surface area contributed by atoms with Gasteiger partial charge in [0.2, 0.25) is 11.8 Å². The first kappa shape index (κ1) is 18.2. The van der Waals surface area contributed by atoms with Crippen LogP contribution in [0.1, 0.15) is 39.0 Å². The van der Waals surface area contributed by atoms with Gasteiger partial charge in [0.15, 0.2) is 6.61 Å². The Hall–Kier alpha value is -2.57. The summed E-state index contributed by atoms with van der Waals surface area (Å²) in [6.07, 6.45) is 4.35. The van der Waals surface area contributed by atoms with Gasteiger partial charge >= 0.3 is 0 Å². The fourth-order valence-electron chi connectivity index (χ4n) is 3.28. The van der Waals surface area contributed by atoms with Crippen LogP contribution in [-0.4, -0.2) is 48.9 Å². The van der Waals surface area contributed by atoms with Gasteiger partial charge in [-0.05, 0) is 43.9 Å². The Balaban J connectivity index is 1.77. The molecule has 0 spiro atoms. The van der Waals surface area contributed by atoms with Gasteiger partial charge in [0, 0.05) is 25.2 Å². The predicted molar refractivity (Wildman–Crippen MR) is 98.3 cm³/mol. The van der Waals surface area contributed by atoms with Crippen LogP contribution in [0.3, 0.4) is 0 Å². The van der Waals surface area contributed by atoms with Crippen molar-refractivity contribution in [1.29, 1.82) is 0 Å². The van der Waals surface area contributed by atoms with E-state index in [1.807, 2.05) is 11.8 Å². The van der Waals surface area contributed by atoms with Gasteiger partial charge in [-0.25, -0.2) is 0 Å². The molecule has 0 aromatic heterocycles. The van der Waals surface area contributed by atoms with E-state index in [0.29, 0.717) is 23.5 Å². The largest absolute Gasteiger partial charge is 0.482 e. The summed E-state index contributed by atoms with van der Waals surface area (Å²) < 4.78 is 5.47. The minimum Gasteiger partial charge on any atom is -0.482 e. The van der Waals surface area contributed by atoms with Crippen LogP contribution >= 0.6 is 0 Å². The second kappa shape index (κ2) is 8.21. The number of ether oxygens (including phenoxy) is 1. The standard InChI is InChI=1S/C19H25N3O4/c1-2-6-17(23)20-14-7-8-16-15(11-14)22(19(25)13-26-16)12-18(24)21-9-4-3-5-10-21/h7-8,11H,2-6,9-10,12-13H2,1H3,(H,20,23). The van der Waals surface area contributed by atoms with Gasteiger partial charge in [-0.1, -0.05) is 6.92 Å². The molecule has 3 rings (SSSR count). The van der Waals surface area contributed by atoms with E-state index in [-0.39, 0.29) is 30.9 Å². The summed E-state index contributed by atoms with van der Waals surface area (Å²) in [6, 6.07) is 5.16. The van der Waals surface area contributed by atoms with Gasteiger partial charge in [-0.3, -0.25) is 19.3 Å². The molecule has 0 bridgehead atoms. The third-order valence-corrected chi connectivity index (χ3v) is 4.66. The molecule has 140 valence electrons. The highest BCUT2D eigenvalue weighted by Crippen LogP contribution is 2.34. The molecule has 1 saturated heterocycles. The number of carbonyl (C=O) groups is 3. The highest BCUT2D eigenvalue weighted by atomic mass is 16.5. The Morgan fingerprint density at radius 3 is 2.69 bits per heavy atom. The van der Waals surface area contributed by atoms with Crippen molar-refractivity contribution in [2.24, 2.45) is 0 Å². The van der Waals surface area contributed by atoms with Crippen molar-refractivity contribution < 1.29 is 19.1 Å². The zero-order valence-corrected chi connectivity index (χ0v) is 15.1. The Morgan fingerprint density at radius 2 is 1.96 bits per heavy atom. The fraction of sp³-hybridized carbons (Fsp3) is 0.526. The summed E-state index contributed by atoms with van der Waals surface area (Å²) in [7, 11) is 0. The van der Waals surface area contributed by atoms with Crippen LogP contribution in [0.4, 0.5) is 11.4 Å². The van der Waals surface area contributed by atoms with E-state index >= 15 is 0 Å². The minimum absolute atomic E-state index is 0.00154. The van der Waals surface area contributed by atoms with Crippen molar-refractivity contribution in [2.45, 2.75) is 39.0 Å². The van der Waals surface area contributed by atoms with E-state index < -0.39 is 0 Å². The predicted octanol–water partition coefficient (Wildman–Crippen LogP) is 2.16. The molecule has 0 aliphatic carbocycles. The first-order valence-corrected chi connectivity index (χ1v) is 9.23. The van der Waals surface area contributed by atoms with Crippen LogP contribution in [0.15, 0.2) is 18.2 Å². The normalized spacial score (nSPS) is 16.7. The number of rotatable bonds is 5. The number of hydrogen-bond donors (Lipinski definition) is 1. The highest BCUT2D eigenvalue weighted by Gasteiger charge is 2.29. The van der Waals surface area contributed by atoms with Gasteiger partial charge in [-0.15, -0.1) is 0 Å². The lowest BCUT2D eigenvalue weighted by Gasteiger charge is -2.33. The van der Waals surface area contributed by atoms with Crippen LogP contribution in [0, 0.1) is 0 Å². The zero-order valence-electron chi connectivity index (χ0n) is 15.1. The number of fused-ring (bicyclic) bond motifs is 1. The maximum absolute atomic E-state index is 12.6. The van der Waals surface area contributed by atoms with Crippen molar-refractivity contribution in [3.8, 4) is 5.75 Å². The minimum atomic E-state index is -0.250. The Bertz CT molecular complexity index is 698. The third kappa shape index (κ3) is 4.15. The molecule has 7 nitrogen and oxygen atoms in total. The van der Waals surface area contributed by atoms with Crippen molar-refractivity contribution in [3.63, 3.8) is 0 Å². The summed E-state index contributed by atoms with van der Waals surface area (Å²) in [5.74, 6) is 0.169. The fourth-order valence-corrected chi connectivity index (χ4v) is 3.28. The van der Waals surface area contributed by atoms with Crippen LogP contribution in [0.2, 0.25) is 0 Å². The number of nitrogens with one attached hydrogen (secondary N) is 1. The van der Waals surface area contributed by atoms with Crippen LogP contribution in [0.5, 0.6) is 5.75 Å². The van der Waals surface area contributed by atoms with Crippen molar-refractivity contribution in [3.05, 3.63) is 18.2 Å². The molecule has 0 saturated carbocycles. The molecule has 2 aliphatic rings. The molecular formula is C19H25N3O4. The van der Waals surface area contributed by atoms with Gasteiger partial charge in [-0.2, -0.15) is 0 Å². The topological polar surface area (TPSA) is 79.0 Å². The van der Waals surface area contributed by atoms with E-state index in [1.54, 1.807) is 18.2 Å². The molecule has 0 unspecified atom stereocenters. The molecule has 0 atom stereocenters. The molecule has 1 aromatic rings. The van der Waals surface area contributed by atoms with Crippen molar-refractivity contribution in [2.75, 3.05) is 36.5 Å². The maximum Gasteiger partial charge on any atom is 0.265 e. The number of nitrogens with zero attached hydrogens (tertiary/aromatic N) is 2. The molecule has 1 fully saturated rings. The average Bonchev–Trinajstić information content (AvgIpc) is 2.65. The van der Waals surface area contributed by atoms with Crippen molar-refractivity contribution in [1.82, 2.24) is 4.90 Å². The monoisotopic (exact) mass is 359 g/mol. The highest BCUT2D eigenvalue weighted by molar-refractivity contribution is 6.03. The van der Waals surface area contributed by atoms with Gasteiger partial charge in [0.05, 0.1) is 5.69 Å². The third-order valence-electron chi connectivity index (χ3n) is 4.66. The average molecular weight is 359 g/mol. The second-order valence-electron chi connectivity index (χ2n) is 6.69. The van der Waals surface area contributed by atoms with Crippen LogP contribution < -0.4 is 15.0 Å². The number of hydrogen-bond acceptors (Lipinski definition) is 4. The number of piperidine rings is 1. The number of anilines is 2.